The Morgan fingerprint density at radius 3 is 3.10 bits per heavy atom. The molecule has 1 amide bonds. The van der Waals surface area contributed by atoms with Crippen molar-refractivity contribution in [2.45, 2.75) is 31.8 Å². The maximum Gasteiger partial charge on any atom is 0.268 e. The number of thiophene rings is 1. The fraction of sp³-hybridized carbons (Fsp3) is 0.500. The standard InChI is InChI=1S/C14H18N4O2S/c1-18(14(20)8-3-2-4-9(8)15)7-11-16-10-5-6-21-12(10)13(19)17-11/h5-6,8-9H,2-4,7,15H2,1H3,(H,16,17,19). The van der Waals surface area contributed by atoms with Crippen molar-refractivity contribution in [2.75, 3.05) is 7.05 Å². The number of carbonyl (C=O) groups excluding carboxylic acids is 1. The highest BCUT2D eigenvalue weighted by Crippen LogP contribution is 2.25. The zero-order valence-electron chi connectivity index (χ0n) is 11.8. The lowest BCUT2D eigenvalue weighted by atomic mass is 10.0. The first-order chi connectivity index (χ1) is 10.1. The zero-order chi connectivity index (χ0) is 15.0. The van der Waals surface area contributed by atoms with Gasteiger partial charge in [0.15, 0.2) is 0 Å². The van der Waals surface area contributed by atoms with Crippen LogP contribution in [0.15, 0.2) is 16.2 Å². The minimum atomic E-state index is -0.150. The summed E-state index contributed by atoms with van der Waals surface area (Å²) in [6.07, 6.45) is 2.75. The van der Waals surface area contributed by atoms with Crippen LogP contribution >= 0.6 is 11.3 Å². The number of nitrogens with two attached hydrogens (primary N) is 1. The number of rotatable bonds is 3. The summed E-state index contributed by atoms with van der Waals surface area (Å²) >= 11 is 1.37. The molecular formula is C14H18N4O2S. The maximum absolute atomic E-state index is 12.4. The minimum absolute atomic E-state index is 0.0352. The SMILES string of the molecule is CN(Cc1nc2ccsc2c(=O)[nH]1)C(=O)C1CCCC1N. The van der Waals surface area contributed by atoms with Crippen LogP contribution in [0.1, 0.15) is 25.1 Å². The minimum Gasteiger partial charge on any atom is -0.338 e. The largest absolute Gasteiger partial charge is 0.338 e. The van der Waals surface area contributed by atoms with Gasteiger partial charge in [-0.1, -0.05) is 6.42 Å². The van der Waals surface area contributed by atoms with Gasteiger partial charge in [-0.15, -0.1) is 11.3 Å². The van der Waals surface area contributed by atoms with Crippen LogP contribution in [-0.2, 0) is 11.3 Å². The molecule has 1 fully saturated rings. The van der Waals surface area contributed by atoms with E-state index in [0.29, 0.717) is 22.6 Å². The Kier molecular flexibility index (Phi) is 3.77. The second kappa shape index (κ2) is 5.57. The third-order valence-electron chi connectivity index (χ3n) is 4.01. The van der Waals surface area contributed by atoms with E-state index in [1.807, 2.05) is 11.4 Å². The highest BCUT2D eigenvalue weighted by atomic mass is 32.1. The van der Waals surface area contributed by atoms with Crippen LogP contribution in [-0.4, -0.2) is 33.9 Å². The van der Waals surface area contributed by atoms with Crippen molar-refractivity contribution in [1.82, 2.24) is 14.9 Å². The molecule has 3 N–H and O–H groups in total. The van der Waals surface area contributed by atoms with E-state index in [1.165, 1.54) is 11.3 Å². The summed E-state index contributed by atoms with van der Waals surface area (Å²) in [4.78, 5) is 33.0. The van der Waals surface area contributed by atoms with E-state index in [-0.39, 0.29) is 23.4 Å². The number of aromatic nitrogens is 2. The predicted octanol–water partition coefficient (Wildman–Crippen LogP) is 1.07. The van der Waals surface area contributed by atoms with E-state index >= 15 is 0 Å². The molecule has 0 aliphatic heterocycles. The lowest BCUT2D eigenvalue weighted by Gasteiger charge is -2.22. The molecule has 0 aromatic carbocycles. The molecule has 2 atom stereocenters. The number of nitrogens with one attached hydrogen (secondary N) is 1. The topological polar surface area (TPSA) is 92.1 Å². The number of fused-ring (bicyclic) bond motifs is 1. The molecule has 0 bridgehead atoms. The first kappa shape index (κ1) is 14.2. The van der Waals surface area contributed by atoms with Gasteiger partial charge >= 0.3 is 0 Å². The van der Waals surface area contributed by atoms with Crippen molar-refractivity contribution in [1.29, 1.82) is 0 Å². The number of hydrogen-bond acceptors (Lipinski definition) is 5. The van der Waals surface area contributed by atoms with Gasteiger partial charge in [0.1, 0.15) is 10.5 Å². The molecule has 2 aromatic heterocycles. The number of aromatic amines is 1. The number of hydrogen-bond donors (Lipinski definition) is 2. The molecular weight excluding hydrogens is 288 g/mol. The predicted molar refractivity (Wildman–Crippen MR) is 82.0 cm³/mol. The Balaban J connectivity index is 1.78. The van der Waals surface area contributed by atoms with Crippen molar-refractivity contribution < 1.29 is 4.79 Å². The highest BCUT2D eigenvalue weighted by Gasteiger charge is 2.32. The zero-order valence-corrected chi connectivity index (χ0v) is 12.7. The van der Waals surface area contributed by atoms with E-state index in [4.69, 9.17) is 5.73 Å². The third-order valence-corrected chi connectivity index (χ3v) is 4.92. The maximum atomic E-state index is 12.4. The summed E-state index contributed by atoms with van der Waals surface area (Å²) in [5.41, 5.74) is 6.50. The molecule has 3 rings (SSSR count). The highest BCUT2D eigenvalue weighted by molar-refractivity contribution is 7.17. The van der Waals surface area contributed by atoms with Crippen molar-refractivity contribution in [3.8, 4) is 0 Å². The van der Waals surface area contributed by atoms with Gasteiger partial charge < -0.3 is 15.6 Å². The van der Waals surface area contributed by atoms with E-state index in [1.54, 1.807) is 11.9 Å². The first-order valence-corrected chi connectivity index (χ1v) is 7.91. The average Bonchev–Trinajstić information content (AvgIpc) is 3.06. The smallest absolute Gasteiger partial charge is 0.268 e. The molecule has 2 heterocycles. The molecule has 0 spiro atoms. The fourth-order valence-corrected chi connectivity index (χ4v) is 3.60. The van der Waals surface area contributed by atoms with Crippen molar-refractivity contribution in [3.63, 3.8) is 0 Å². The Hall–Kier alpha value is -1.73. The third kappa shape index (κ3) is 2.71. The number of nitrogens with zero attached hydrogens (tertiary/aromatic N) is 2. The Labute approximate surface area is 126 Å². The van der Waals surface area contributed by atoms with E-state index < -0.39 is 0 Å². The number of carbonyl (C=O) groups is 1. The van der Waals surface area contributed by atoms with Crippen molar-refractivity contribution in [3.05, 3.63) is 27.6 Å². The summed E-state index contributed by atoms with van der Waals surface area (Å²) in [6.45, 7) is 0.295. The van der Waals surface area contributed by atoms with Crippen LogP contribution in [0.2, 0.25) is 0 Å². The lowest BCUT2D eigenvalue weighted by Crippen LogP contribution is -2.39. The summed E-state index contributed by atoms with van der Waals surface area (Å²) in [7, 11) is 1.73. The normalized spacial score (nSPS) is 21.8. The molecule has 112 valence electrons. The Morgan fingerprint density at radius 1 is 1.57 bits per heavy atom. The fourth-order valence-electron chi connectivity index (χ4n) is 2.88. The van der Waals surface area contributed by atoms with Gasteiger partial charge in [-0.3, -0.25) is 9.59 Å². The van der Waals surface area contributed by atoms with Gasteiger partial charge in [-0.2, -0.15) is 0 Å². The molecule has 0 radical (unpaired) electrons. The molecule has 21 heavy (non-hydrogen) atoms. The van der Waals surface area contributed by atoms with E-state index in [0.717, 1.165) is 19.3 Å². The van der Waals surface area contributed by atoms with Crippen LogP contribution in [0.4, 0.5) is 0 Å². The van der Waals surface area contributed by atoms with Gasteiger partial charge in [0.2, 0.25) is 5.91 Å². The van der Waals surface area contributed by atoms with Gasteiger partial charge in [0.05, 0.1) is 18.0 Å². The summed E-state index contributed by atoms with van der Waals surface area (Å²) in [5, 5.41) is 1.84. The second-order valence-corrected chi connectivity index (χ2v) is 6.46. The molecule has 6 nitrogen and oxygen atoms in total. The van der Waals surface area contributed by atoms with Gasteiger partial charge in [-0.05, 0) is 24.3 Å². The molecule has 1 aliphatic carbocycles. The second-order valence-electron chi connectivity index (χ2n) is 5.54. The van der Waals surface area contributed by atoms with E-state index in [9.17, 15) is 9.59 Å². The Morgan fingerprint density at radius 2 is 2.38 bits per heavy atom. The molecule has 7 heteroatoms. The molecule has 1 saturated carbocycles. The number of H-pyrrole nitrogens is 1. The average molecular weight is 306 g/mol. The molecule has 0 saturated heterocycles. The number of amides is 1. The lowest BCUT2D eigenvalue weighted by molar-refractivity contribution is -0.135. The van der Waals surface area contributed by atoms with Gasteiger partial charge in [0, 0.05) is 13.1 Å². The summed E-state index contributed by atoms with van der Waals surface area (Å²) < 4.78 is 0.616. The van der Waals surface area contributed by atoms with Crippen LogP contribution in [0.5, 0.6) is 0 Å². The van der Waals surface area contributed by atoms with Crippen LogP contribution < -0.4 is 11.3 Å². The molecule has 2 aromatic rings. The Bertz CT molecular complexity index is 723. The van der Waals surface area contributed by atoms with Crippen LogP contribution in [0.25, 0.3) is 10.2 Å². The molecule has 1 aliphatic rings. The van der Waals surface area contributed by atoms with E-state index in [2.05, 4.69) is 9.97 Å². The van der Waals surface area contributed by atoms with Gasteiger partial charge in [0.25, 0.3) is 5.56 Å². The van der Waals surface area contributed by atoms with Crippen molar-refractivity contribution >= 4 is 27.5 Å². The van der Waals surface area contributed by atoms with Crippen LogP contribution in [0.3, 0.4) is 0 Å². The monoisotopic (exact) mass is 306 g/mol. The molecule has 2 unspecified atom stereocenters. The van der Waals surface area contributed by atoms with Crippen molar-refractivity contribution in [2.24, 2.45) is 11.7 Å². The first-order valence-electron chi connectivity index (χ1n) is 7.03. The summed E-state index contributed by atoms with van der Waals surface area (Å²) in [6, 6.07) is 1.76. The summed E-state index contributed by atoms with van der Waals surface area (Å²) in [5.74, 6) is 0.438. The van der Waals surface area contributed by atoms with Crippen LogP contribution in [0, 0.1) is 5.92 Å². The quantitative estimate of drug-likeness (QED) is 0.887. The van der Waals surface area contributed by atoms with Gasteiger partial charge in [-0.25, -0.2) is 4.98 Å².